The minimum absolute atomic E-state index is 0.0527. The molecule has 4 heteroatoms. The predicted octanol–water partition coefficient (Wildman–Crippen LogP) is 2.46. The van der Waals surface area contributed by atoms with Crippen LogP contribution in [0.5, 0.6) is 5.75 Å². The summed E-state index contributed by atoms with van der Waals surface area (Å²) in [6.07, 6.45) is 3.11. The van der Waals surface area contributed by atoms with Gasteiger partial charge in [0.25, 0.3) is 5.91 Å². The van der Waals surface area contributed by atoms with Crippen molar-refractivity contribution < 1.29 is 13.9 Å². The molecule has 0 bridgehead atoms. The second kappa shape index (κ2) is 5.17. The van der Waals surface area contributed by atoms with E-state index in [-0.39, 0.29) is 11.5 Å². The first-order valence-electron chi connectivity index (χ1n) is 5.86. The van der Waals surface area contributed by atoms with Crippen LogP contribution >= 0.6 is 0 Å². The van der Waals surface area contributed by atoms with E-state index in [1.165, 1.54) is 13.2 Å². The maximum Gasteiger partial charge on any atom is 0.260 e. The van der Waals surface area contributed by atoms with E-state index in [1.807, 2.05) is 0 Å². The standard InChI is InChI=1S/C13H16FNO2/c1-17-11-7-5-6-10(14)12(11)13(16)15-8-3-2-4-9-15/h5-7H,2-4,8-9H2,1H3. The average molecular weight is 237 g/mol. The summed E-state index contributed by atoms with van der Waals surface area (Å²) in [7, 11) is 1.45. The molecule has 1 aliphatic rings. The summed E-state index contributed by atoms with van der Waals surface area (Å²) in [4.78, 5) is 13.9. The second-order valence-corrected chi connectivity index (χ2v) is 4.17. The second-order valence-electron chi connectivity index (χ2n) is 4.17. The number of likely N-dealkylation sites (tertiary alicyclic amines) is 1. The number of carbonyl (C=O) groups is 1. The van der Waals surface area contributed by atoms with Crippen LogP contribution in [-0.2, 0) is 0 Å². The van der Waals surface area contributed by atoms with Crippen molar-refractivity contribution in [2.24, 2.45) is 0 Å². The number of carbonyl (C=O) groups excluding carboxylic acids is 1. The van der Waals surface area contributed by atoms with Crippen LogP contribution in [0.15, 0.2) is 18.2 Å². The quantitative estimate of drug-likeness (QED) is 0.790. The zero-order valence-corrected chi connectivity index (χ0v) is 9.91. The van der Waals surface area contributed by atoms with Gasteiger partial charge in [-0.3, -0.25) is 4.79 Å². The molecule has 92 valence electrons. The van der Waals surface area contributed by atoms with E-state index in [0.29, 0.717) is 18.8 Å². The van der Waals surface area contributed by atoms with Gasteiger partial charge in [-0.15, -0.1) is 0 Å². The van der Waals surface area contributed by atoms with Crippen LogP contribution in [0.2, 0.25) is 0 Å². The van der Waals surface area contributed by atoms with E-state index in [0.717, 1.165) is 19.3 Å². The highest BCUT2D eigenvalue weighted by Gasteiger charge is 2.24. The Kier molecular flexibility index (Phi) is 3.61. The summed E-state index contributed by atoms with van der Waals surface area (Å²) < 4.78 is 18.8. The number of rotatable bonds is 2. The lowest BCUT2D eigenvalue weighted by Crippen LogP contribution is -2.36. The molecule has 1 saturated heterocycles. The van der Waals surface area contributed by atoms with Crippen LogP contribution < -0.4 is 4.74 Å². The number of hydrogen-bond donors (Lipinski definition) is 0. The number of benzene rings is 1. The highest BCUT2D eigenvalue weighted by Crippen LogP contribution is 2.24. The van der Waals surface area contributed by atoms with Crippen molar-refractivity contribution in [2.75, 3.05) is 20.2 Å². The number of amides is 1. The van der Waals surface area contributed by atoms with Gasteiger partial charge in [0, 0.05) is 13.1 Å². The minimum atomic E-state index is -0.514. The van der Waals surface area contributed by atoms with E-state index in [2.05, 4.69) is 0 Å². The van der Waals surface area contributed by atoms with Crippen molar-refractivity contribution in [3.8, 4) is 5.75 Å². The molecule has 1 fully saturated rings. The van der Waals surface area contributed by atoms with Crippen LogP contribution in [0.4, 0.5) is 4.39 Å². The fourth-order valence-corrected chi connectivity index (χ4v) is 2.14. The molecule has 2 rings (SSSR count). The molecule has 0 saturated carbocycles. The Morgan fingerprint density at radius 3 is 2.65 bits per heavy atom. The summed E-state index contributed by atoms with van der Waals surface area (Å²) in [6.45, 7) is 1.41. The fourth-order valence-electron chi connectivity index (χ4n) is 2.14. The van der Waals surface area contributed by atoms with E-state index in [9.17, 15) is 9.18 Å². The molecule has 0 N–H and O–H groups in total. The van der Waals surface area contributed by atoms with Crippen molar-refractivity contribution in [1.82, 2.24) is 4.90 Å². The van der Waals surface area contributed by atoms with Crippen LogP contribution in [0, 0.1) is 5.82 Å². The van der Waals surface area contributed by atoms with E-state index in [4.69, 9.17) is 4.74 Å². The van der Waals surface area contributed by atoms with Crippen molar-refractivity contribution in [2.45, 2.75) is 19.3 Å². The zero-order chi connectivity index (χ0) is 12.3. The molecule has 1 aliphatic heterocycles. The molecular formula is C13H16FNO2. The molecule has 1 heterocycles. The molecule has 0 radical (unpaired) electrons. The Labute approximate surface area is 100 Å². The van der Waals surface area contributed by atoms with Crippen molar-refractivity contribution in [1.29, 1.82) is 0 Å². The van der Waals surface area contributed by atoms with Gasteiger partial charge < -0.3 is 9.64 Å². The number of ether oxygens (including phenoxy) is 1. The number of hydrogen-bond acceptors (Lipinski definition) is 2. The molecule has 1 aromatic carbocycles. The molecule has 0 spiro atoms. The third kappa shape index (κ3) is 2.40. The maximum atomic E-state index is 13.7. The molecule has 0 atom stereocenters. The minimum Gasteiger partial charge on any atom is -0.496 e. The normalized spacial score (nSPS) is 15.8. The zero-order valence-electron chi connectivity index (χ0n) is 9.91. The Bertz CT molecular complexity index is 414. The SMILES string of the molecule is COc1cccc(F)c1C(=O)N1CCCCC1. The van der Waals surface area contributed by atoms with Gasteiger partial charge in [-0.05, 0) is 31.4 Å². The highest BCUT2D eigenvalue weighted by molar-refractivity contribution is 5.97. The first-order valence-corrected chi connectivity index (χ1v) is 5.86. The smallest absolute Gasteiger partial charge is 0.260 e. The average Bonchev–Trinajstić information content (AvgIpc) is 2.38. The van der Waals surface area contributed by atoms with Gasteiger partial charge in [0.1, 0.15) is 17.1 Å². The van der Waals surface area contributed by atoms with E-state index >= 15 is 0 Å². The molecule has 3 nitrogen and oxygen atoms in total. The summed E-state index contributed by atoms with van der Waals surface area (Å²) in [6, 6.07) is 4.45. The topological polar surface area (TPSA) is 29.5 Å². The first-order chi connectivity index (χ1) is 8.24. The van der Waals surface area contributed by atoms with Gasteiger partial charge >= 0.3 is 0 Å². The van der Waals surface area contributed by atoms with Gasteiger partial charge in [-0.2, -0.15) is 0 Å². The maximum absolute atomic E-state index is 13.7. The van der Waals surface area contributed by atoms with Crippen molar-refractivity contribution in [3.05, 3.63) is 29.6 Å². The van der Waals surface area contributed by atoms with Gasteiger partial charge in [0.05, 0.1) is 7.11 Å². The lowest BCUT2D eigenvalue weighted by atomic mass is 10.1. The van der Waals surface area contributed by atoms with Crippen molar-refractivity contribution in [3.63, 3.8) is 0 Å². The van der Waals surface area contributed by atoms with Gasteiger partial charge in [-0.1, -0.05) is 6.07 Å². The molecule has 0 aromatic heterocycles. The molecule has 17 heavy (non-hydrogen) atoms. The lowest BCUT2D eigenvalue weighted by molar-refractivity contribution is 0.0716. The van der Waals surface area contributed by atoms with Gasteiger partial charge in [0.15, 0.2) is 0 Å². The Balaban J connectivity index is 2.29. The summed E-state index contributed by atoms with van der Waals surface area (Å²) in [5.41, 5.74) is 0.0527. The van der Waals surface area contributed by atoms with Gasteiger partial charge in [0.2, 0.25) is 0 Å². The number of piperidine rings is 1. The van der Waals surface area contributed by atoms with E-state index < -0.39 is 5.82 Å². The summed E-state index contributed by atoms with van der Waals surface area (Å²) in [5, 5.41) is 0. The molecule has 0 aliphatic carbocycles. The Hall–Kier alpha value is -1.58. The van der Waals surface area contributed by atoms with E-state index in [1.54, 1.807) is 17.0 Å². The first kappa shape index (κ1) is 11.9. The Morgan fingerprint density at radius 1 is 1.29 bits per heavy atom. The predicted molar refractivity (Wildman–Crippen MR) is 62.7 cm³/mol. The number of methoxy groups -OCH3 is 1. The fraction of sp³-hybridized carbons (Fsp3) is 0.462. The molecule has 1 aromatic rings. The molecule has 1 amide bonds. The highest BCUT2D eigenvalue weighted by atomic mass is 19.1. The number of halogens is 1. The third-order valence-electron chi connectivity index (χ3n) is 3.05. The summed E-state index contributed by atoms with van der Waals surface area (Å²) >= 11 is 0. The van der Waals surface area contributed by atoms with Crippen LogP contribution in [0.25, 0.3) is 0 Å². The van der Waals surface area contributed by atoms with Crippen LogP contribution in [0.1, 0.15) is 29.6 Å². The van der Waals surface area contributed by atoms with Gasteiger partial charge in [-0.25, -0.2) is 4.39 Å². The lowest BCUT2D eigenvalue weighted by Gasteiger charge is -2.27. The summed E-state index contributed by atoms with van der Waals surface area (Å²) in [5.74, 6) is -0.472. The van der Waals surface area contributed by atoms with Crippen molar-refractivity contribution >= 4 is 5.91 Å². The Morgan fingerprint density at radius 2 is 2.00 bits per heavy atom. The largest absolute Gasteiger partial charge is 0.496 e. The van der Waals surface area contributed by atoms with Crippen LogP contribution in [0.3, 0.4) is 0 Å². The number of nitrogens with zero attached hydrogens (tertiary/aromatic N) is 1. The third-order valence-corrected chi connectivity index (χ3v) is 3.05. The molecular weight excluding hydrogens is 221 g/mol. The van der Waals surface area contributed by atoms with Crippen LogP contribution in [-0.4, -0.2) is 31.0 Å². The monoisotopic (exact) mass is 237 g/mol. The molecule has 0 unspecified atom stereocenters.